The van der Waals surface area contributed by atoms with Gasteiger partial charge in [-0.2, -0.15) is 0 Å². The Balaban J connectivity index is 1.82. The van der Waals surface area contributed by atoms with Crippen LogP contribution in [0.1, 0.15) is 19.4 Å². The van der Waals surface area contributed by atoms with Crippen LogP contribution in [0.15, 0.2) is 42.5 Å². The van der Waals surface area contributed by atoms with E-state index in [2.05, 4.69) is 0 Å². The zero-order chi connectivity index (χ0) is 19.1. The second-order valence-electron chi connectivity index (χ2n) is 6.24. The number of carbonyl (C=O) groups is 2. The van der Waals surface area contributed by atoms with E-state index >= 15 is 0 Å². The second kappa shape index (κ2) is 6.39. The molecule has 3 aromatic carbocycles. The highest BCUT2D eigenvalue weighted by molar-refractivity contribution is 5.97. The van der Waals surface area contributed by atoms with Gasteiger partial charge in [-0.3, -0.25) is 9.59 Å². The Labute approximate surface area is 154 Å². The van der Waals surface area contributed by atoms with Gasteiger partial charge in [0.05, 0.1) is 0 Å². The van der Waals surface area contributed by atoms with Crippen LogP contribution >= 0.6 is 0 Å². The summed E-state index contributed by atoms with van der Waals surface area (Å²) in [6.45, 7) is 2.79. The molecular formula is C21H15FO5. The number of hydrogen-bond donors (Lipinski definition) is 0. The van der Waals surface area contributed by atoms with Crippen molar-refractivity contribution < 1.29 is 28.2 Å². The van der Waals surface area contributed by atoms with E-state index in [1.807, 2.05) is 12.1 Å². The molecule has 136 valence electrons. The summed E-state index contributed by atoms with van der Waals surface area (Å²) in [6.07, 6.45) is 0. The highest BCUT2D eigenvalue weighted by Crippen LogP contribution is 2.44. The Morgan fingerprint density at radius 3 is 2.48 bits per heavy atom. The first kappa shape index (κ1) is 17.0. The third kappa shape index (κ3) is 3.10. The van der Waals surface area contributed by atoms with Crippen molar-refractivity contribution >= 4 is 22.7 Å². The SMILES string of the molecule is CC(=O)Oc1ccc2c3c(ccc2c1)-c1cc(F)c(OC(C)=O)cc1CO3. The maximum atomic E-state index is 14.4. The van der Waals surface area contributed by atoms with E-state index in [-0.39, 0.29) is 12.4 Å². The van der Waals surface area contributed by atoms with Crippen LogP contribution in [0.2, 0.25) is 0 Å². The number of fused-ring (bicyclic) bond motifs is 5. The number of benzene rings is 3. The fourth-order valence-electron chi connectivity index (χ4n) is 3.23. The van der Waals surface area contributed by atoms with Crippen LogP contribution in [0.3, 0.4) is 0 Å². The molecule has 3 aromatic rings. The minimum atomic E-state index is -0.609. The number of rotatable bonds is 2. The van der Waals surface area contributed by atoms with Gasteiger partial charge in [0.15, 0.2) is 11.6 Å². The van der Waals surface area contributed by atoms with Crippen molar-refractivity contribution in [2.75, 3.05) is 0 Å². The van der Waals surface area contributed by atoms with Crippen molar-refractivity contribution in [3.63, 3.8) is 0 Å². The van der Waals surface area contributed by atoms with Crippen LogP contribution in [-0.4, -0.2) is 11.9 Å². The van der Waals surface area contributed by atoms with Gasteiger partial charge in [0.1, 0.15) is 18.1 Å². The van der Waals surface area contributed by atoms with Crippen molar-refractivity contribution in [2.24, 2.45) is 0 Å². The molecule has 27 heavy (non-hydrogen) atoms. The van der Waals surface area contributed by atoms with Crippen LogP contribution in [-0.2, 0) is 16.2 Å². The zero-order valence-corrected chi connectivity index (χ0v) is 14.7. The maximum Gasteiger partial charge on any atom is 0.308 e. The molecule has 0 unspecified atom stereocenters. The molecule has 0 spiro atoms. The average Bonchev–Trinajstić information content (AvgIpc) is 2.61. The summed E-state index contributed by atoms with van der Waals surface area (Å²) >= 11 is 0. The van der Waals surface area contributed by atoms with Gasteiger partial charge < -0.3 is 14.2 Å². The van der Waals surface area contributed by atoms with Gasteiger partial charge in [-0.1, -0.05) is 6.07 Å². The Kier molecular flexibility index (Phi) is 4.03. The van der Waals surface area contributed by atoms with Gasteiger partial charge in [-0.15, -0.1) is 0 Å². The molecule has 0 aliphatic carbocycles. The highest BCUT2D eigenvalue weighted by atomic mass is 19.1. The van der Waals surface area contributed by atoms with Crippen molar-refractivity contribution in [2.45, 2.75) is 20.5 Å². The zero-order valence-electron chi connectivity index (χ0n) is 14.7. The minimum absolute atomic E-state index is 0.111. The van der Waals surface area contributed by atoms with Crippen LogP contribution in [0.5, 0.6) is 17.2 Å². The molecule has 0 atom stereocenters. The lowest BCUT2D eigenvalue weighted by molar-refractivity contribution is -0.132. The van der Waals surface area contributed by atoms with Gasteiger partial charge in [0.25, 0.3) is 0 Å². The molecule has 0 N–H and O–H groups in total. The molecule has 1 heterocycles. The first-order chi connectivity index (χ1) is 12.9. The largest absolute Gasteiger partial charge is 0.488 e. The fourth-order valence-corrected chi connectivity index (χ4v) is 3.23. The summed E-state index contributed by atoms with van der Waals surface area (Å²) in [5.41, 5.74) is 2.17. The molecule has 1 aliphatic rings. The molecule has 4 rings (SSSR count). The summed E-state index contributed by atoms with van der Waals surface area (Å²) in [7, 11) is 0. The summed E-state index contributed by atoms with van der Waals surface area (Å²) in [5, 5.41) is 1.67. The van der Waals surface area contributed by atoms with Crippen LogP contribution < -0.4 is 14.2 Å². The summed E-state index contributed by atoms with van der Waals surface area (Å²) in [5.74, 6) is -0.614. The van der Waals surface area contributed by atoms with Crippen molar-refractivity contribution in [1.82, 2.24) is 0 Å². The fraction of sp³-hybridized carbons (Fsp3) is 0.143. The van der Waals surface area contributed by atoms with Crippen LogP contribution in [0.25, 0.3) is 21.9 Å². The standard InChI is InChI=1S/C21H15FO5/c1-11(23)26-15-4-6-16-13(7-15)3-5-17-18-9-19(22)20(27-12(2)24)8-14(18)10-25-21(16)17/h3-9H,10H2,1-2H3. The first-order valence-electron chi connectivity index (χ1n) is 8.31. The molecule has 0 amide bonds. The van der Waals surface area contributed by atoms with Crippen molar-refractivity contribution in [1.29, 1.82) is 0 Å². The number of carbonyl (C=O) groups excluding carboxylic acids is 2. The number of esters is 2. The molecule has 0 radical (unpaired) electrons. The Morgan fingerprint density at radius 2 is 1.74 bits per heavy atom. The average molecular weight is 366 g/mol. The van der Waals surface area contributed by atoms with E-state index in [4.69, 9.17) is 14.2 Å². The van der Waals surface area contributed by atoms with Crippen molar-refractivity contribution in [3.05, 3.63) is 53.8 Å². The summed E-state index contributed by atoms with van der Waals surface area (Å²) in [4.78, 5) is 22.3. The molecule has 0 fully saturated rings. The Bertz CT molecular complexity index is 1100. The molecule has 0 aromatic heterocycles. The molecule has 1 aliphatic heterocycles. The van der Waals surface area contributed by atoms with Gasteiger partial charge in [0, 0.05) is 30.4 Å². The molecular weight excluding hydrogens is 351 g/mol. The molecule has 5 nitrogen and oxygen atoms in total. The third-order valence-corrected chi connectivity index (χ3v) is 4.28. The van der Waals surface area contributed by atoms with Gasteiger partial charge in [-0.25, -0.2) is 4.39 Å². The third-order valence-electron chi connectivity index (χ3n) is 4.28. The molecule has 0 saturated heterocycles. The van der Waals surface area contributed by atoms with E-state index in [1.54, 1.807) is 18.2 Å². The van der Waals surface area contributed by atoms with E-state index in [0.29, 0.717) is 17.1 Å². The van der Waals surface area contributed by atoms with Crippen molar-refractivity contribution in [3.8, 4) is 28.4 Å². The van der Waals surface area contributed by atoms with E-state index in [0.717, 1.165) is 21.9 Å². The maximum absolute atomic E-state index is 14.4. The minimum Gasteiger partial charge on any atom is -0.488 e. The lowest BCUT2D eigenvalue weighted by Crippen LogP contribution is -2.09. The quantitative estimate of drug-likeness (QED) is 0.497. The van der Waals surface area contributed by atoms with Gasteiger partial charge in [0.2, 0.25) is 0 Å². The van der Waals surface area contributed by atoms with Crippen LogP contribution in [0, 0.1) is 5.82 Å². The predicted molar refractivity (Wildman–Crippen MR) is 96.3 cm³/mol. The monoisotopic (exact) mass is 366 g/mol. The Hall–Kier alpha value is -3.41. The molecule has 6 heteroatoms. The van der Waals surface area contributed by atoms with E-state index in [1.165, 1.54) is 26.0 Å². The summed E-state index contributed by atoms with van der Waals surface area (Å²) in [6, 6.07) is 11.8. The highest BCUT2D eigenvalue weighted by Gasteiger charge is 2.23. The van der Waals surface area contributed by atoms with E-state index < -0.39 is 17.8 Å². The first-order valence-corrected chi connectivity index (χ1v) is 8.31. The lowest BCUT2D eigenvalue weighted by Gasteiger charge is -2.23. The lowest BCUT2D eigenvalue weighted by atomic mass is 9.93. The number of halogens is 1. The van der Waals surface area contributed by atoms with E-state index in [9.17, 15) is 14.0 Å². The molecule has 0 bridgehead atoms. The molecule has 0 saturated carbocycles. The topological polar surface area (TPSA) is 61.8 Å². The van der Waals surface area contributed by atoms with Gasteiger partial charge >= 0.3 is 11.9 Å². The number of ether oxygens (including phenoxy) is 3. The predicted octanol–water partition coefficient (Wildman–Crippen LogP) is 4.39. The Morgan fingerprint density at radius 1 is 0.963 bits per heavy atom. The van der Waals surface area contributed by atoms with Gasteiger partial charge in [-0.05, 0) is 47.3 Å². The second-order valence-corrected chi connectivity index (χ2v) is 6.24. The normalized spacial score (nSPS) is 12.0. The smallest absolute Gasteiger partial charge is 0.308 e. The van der Waals surface area contributed by atoms with Crippen LogP contribution in [0.4, 0.5) is 4.39 Å². The number of hydrogen-bond acceptors (Lipinski definition) is 5. The summed E-state index contributed by atoms with van der Waals surface area (Å²) < 4.78 is 30.3.